The zero-order valence-corrected chi connectivity index (χ0v) is 19.5. The molecule has 1 fully saturated rings. The lowest BCUT2D eigenvalue weighted by Crippen LogP contribution is -2.42. The summed E-state index contributed by atoms with van der Waals surface area (Å²) in [6, 6.07) is 10.1. The molecule has 33 heavy (non-hydrogen) atoms. The molecular formula is C25H30N6O2. The van der Waals surface area contributed by atoms with E-state index in [1.807, 2.05) is 47.7 Å². The number of rotatable bonds is 7. The summed E-state index contributed by atoms with van der Waals surface area (Å²) >= 11 is 0. The number of aryl methyl sites for hydroxylation is 2. The van der Waals surface area contributed by atoms with Crippen LogP contribution in [0.2, 0.25) is 0 Å². The van der Waals surface area contributed by atoms with Crippen LogP contribution in [-0.4, -0.2) is 58.6 Å². The lowest BCUT2D eigenvalue weighted by atomic mass is 9.94. The van der Waals surface area contributed by atoms with Gasteiger partial charge in [-0.15, -0.1) is 0 Å². The molecule has 8 heteroatoms. The number of aromatic nitrogens is 3. The van der Waals surface area contributed by atoms with Crippen molar-refractivity contribution in [1.82, 2.24) is 24.8 Å². The van der Waals surface area contributed by atoms with Gasteiger partial charge < -0.3 is 19.5 Å². The van der Waals surface area contributed by atoms with E-state index in [1.165, 1.54) is 0 Å². The number of fused-ring (bicyclic) bond motifs is 1. The van der Waals surface area contributed by atoms with Crippen LogP contribution < -0.4 is 10.1 Å². The van der Waals surface area contributed by atoms with Gasteiger partial charge in [-0.1, -0.05) is 0 Å². The van der Waals surface area contributed by atoms with Crippen LogP contribution in [-0.2, 0) is 11.8 Å². The quantitative estimate of drug-likeness (QED) is 0.599. The molecule has 0 unspecified atom stereocenters. The molecule has 1 N–H and O–H groups in total. The minimum absolute atomic E-state index is 0.182. The highest BCUT2D eigenvalue weighted by atomic mass is 16.5. The second-order valence-electron chi connectivity index (χ2n) is 8.66. The van der Waals surface area contributed by atoms with Crippen LogP contribution in [0.1, 0.15) is 30.5 Å². The first-order valence-electron chi connectivity index (χ1n) is 11.4. The van der Waals surface area contributed by atoms with Gasteiger partial charge in [-0.25, -0.2) is 9.97 Å². The third-order valence-corrected chi connectivity index (χ3v) is 6.37. The molecular weight excluding hydrogens is 416 g/mol. The number of carbonyl (C=O) groups excluding carboxylic acids is 1. The Bertz CT molecular complexity index is 1190. The van der Waals surface area contributed by atoms with Gasteiger partial charge in [0.15, 0.2) is 5.69 Å². The SMILES string of the molecule is CNCC(=O)N1CCC(CCOc2ccc(-c3cc4c(ncn4C)c(C#N)n3)cc2C)CC1. The Morgan fingerprint density at radius 1 is 1.30 bits per heavy atom. The Morgan fingerprint density at radius 3 is 2.79 bits per heavy atom. The van der Waals surface area contributed by atoms with Crippen molar-refractivity contribution in [3.05, 3.63) is 41.9 Å². The van der Waals surface area contributed by atoms with E-state index in [0.717, 1.165) is 60.4 Å². The molecule has 1 aliphatic heterocycles. The molecule has 2 aromatic heterocycles. The Kier molecular flexibility index (Phi) is 6.90. The van der Waals surface area contributed by atoms with Gasteiger partial charge in [-0.05, 0) is 69.0 Å². The highest BCUT2D eigenvalue weighted by Gasteiger charge is 2.22. The van der Waals surface area contributed by atoms with E-state index in [-0.39, 0.29) is 5.91 Å². The molecule has 3 heterocycles. The average molecular weight is 447 g/mol. The summed E-state index contributed by atoms with van der Waals surface area (Å²) in [5.41, 5.74) is 4.56. The number of likely N-dealkylation sites (tertiary alicyclic amines) is 1. The summed E-state index contributed by atoms with van der Waals surface area (Å²) in [6.45, 7) is 4.76. The van der Waals surface area contributed by atoms with E-state index in [4.69, 9.17) is 4.74 Å². The average Bonchev–Trinajstić information content (AvgIpc) is 3.20. The fourth-order valence-corrected chi connectivity index (χ4v) is 4.39. The third-order valence-electron chi connectivity index (χ3n) is 6.37. The molecule has 0 aliphatic carbocycles. The molecule has 1 aromatic carbocycles. The predicted octanol–water partition coefficient (Wildman–Crippen LogP) is 3.04. The van der Waals surface area contributed by atoms with Crippen LogP contribution in [0.3, 0.4) is 0 Å². The van der Waals surface area contributed by atoms with E-state index < -0.39 is 0 Å². The Labute approximate surface area is 194 Å². The summed E-state index contributed by atoms with van der Waals surface area (Å²) < 4.78 is 7.98. The number of hydrogen-bond acceptors (Lipinski definition) is 6. The van der Waals surface area contributed by atoms with E-state index in [9.17, 15) is 10.1 Å². The number of hydrogen-bond donors (Lipinski definition) is 1. The molecule has 1 aliphatic rings. The maximum Gasteiger partial charge on any atom is 0.236 e. The Balaban J connectivity index is 1.36. The minimum atomic E-state index is 0.182. The number of imidazole rings is 1. The summed E-state index contributed by atoms with van der Waals surface area (Å²) in [5, 5.41) is 12.4. The summed E-state index contributed by atoms with van der Waals surface area (Å²) in [4.78, 5) is 22.7. The first kappa shape index (κ1) is 22.7. The number of nitriles is 1. The normalized spacial score (nSPS) is 14.4. The second-order valence-corrected chi connectivity index (χ2v) is 8.66. The number of carbonyl (C=O) groups is 1. The topological polar surface area (TPSA) is 96.1 Å². The van der Waals surface area contributed by atoms with Gasteiger partial charge in [0, 0.05) is 25.7 Å². The predicted molar refractivity (Wildman–Crippen MR) is 127 cm³/mol. The van der Waals surface area contributed by atoms with Crippen molar-refractivity contribution in [2.45, 2.75) is 26.2 Å². The number of likely N-dealkylation sites (N-methyl/N-ethyl adjacent to an activating group) is 1. The summed E-state index contributed by atoms with van der Waals surface area (Å²) in [5.74, 6) is 1.63. The fraction of sp³-hybridized carbons (Fsp3) is 0.440. The van der Waals surface area contributed by atoms with Gasteiger partial charge in [0.05, 0.1) is 30.7 Å². The molecule has 3 aromatic rings. The molecule has 0 radical (unpaired) electrons. The van der Waals surface area contributed by atoms with Crippen molar-refractivity contribution in [3.63, 3.8) is 0 Å². The van der Waals surface area contributed by atoms with Gasteiger partial charge in [0.1, 0.15) is 17.3 Å². The van der Waals surface area contributed by atoms with Crippen LogP contribution in [0.5, 0.6) is 5.75 Å². The first-order chi connectivity index (χ1) is 16.0. The van der Waals surface area contributed by atoms with Crippen molar-refractivity contribution in [1.29, 1.82) is 5.26 Å². The number of ether oxygens (including phenoxy) is 1. The lowest BCUT2D eigenvalue weighted by Gasteiger charge is -2.32. The van der Waals surface area contributed by atoms with E-state index in [1.54, 1.807) is 13.4 Å². The van der Waals surface area contributed by atoms with E-state index in [2.05, 4.69) is 21.4 Å². The number of benzene rings is 1. The smallest absolute Gasteiger partial charge is 0.236 e. The molecule has 0 atom stereocenters. The highest BCUT2D eigenvalue weighted by molar-refractivity contribution is 5.84. The van der Waals surface area contributed by atoms with Crippen LogP contribution >= 0.6 is 0 Å². The second kappa shape index (κ2) is 10.0. The monoisotopic (exact) mass is 446 g/mol. The maximum absolute atomic E-state index is 12.0. The van der Waals surface area contributed by atoms with Gasteiger partial charge >= 0.3 is 0 Å². The van der Waals surface area contributed by atoms with Crippen molar-refractivity contribution in [2.75, 3.05) is 33.3 Å². The third kappa shape index (κ3) is 4.99. The first-order valence-corrected chi connectivity index (χ1v) is 11.4. The largest absolute Gasteiger partial charge is 0.493 e. The molecule has 1 saturated heterocycles. The molecule has 1 amide bonds. The van der Waals surface area contributed by atoms with Crippen molar-refractivity contribution >= 4 is 16.9 Å². The van der Waals surface area contributed by atoms with Crippen LogP contribution in [0.4, 0.5) is 0 Å². The van der Waals surface area contributed by atoms with Crippen LogP contribution in [0.15, 0.2) is 30.6 Å². The molecule has 0 spiro atoms. The number of pyridine rings is 1. The minimum Gasteiger partial charge on any atom is -0.493 e. The fourth-order valence-electron chi connectivity index (χ4n) is 4.39. The summed E-state index contributed by atoms with van der Waals surface area (Å²) in [7, 11) is 3.71. The molecule has 0 saturated carbocycles. The van der Waals surface area contributed by atoms with Gasteiger partial charge in [-0.2, -0.15) is 5.26 Å². The Morgan fingerprint density at radius 2 is 2.09 bits per heavy atom. The van der Waals surface area contributed by atoms with Crippen LogP contribution in [0, 0.1) is 24.2 Å². The zero-order chi connectivity index (χ0) is 23.4. The number of piperidine rings is 1. The maximum atomic E-state index is 12.0. The number of nitrogens with zero attached hydrogens (tertiary/aromatic N) is 5. The molecule has 172 valence electrons. The van der Waals surface area contributed by atoms with Gasteiger partial charge in [0.25, 0.3) is 0 Å². The van der Waals surface area contributed by atoms with Gasteiger partial charge in [0.2, 0.25) is 5.91 Å². The molecule has 8 nitrogen and oxygen atoms in total. The number of amides is 1. The van der Waals surface area contributed by atoms with E-state index in [0.29, 0.717) is 30.3 Å². The van der Waals surface area contributed by atoms with Crippen molar-refractivity contribution in [2.24, 2.45) is 13.0 Å². The van der Waals surface area contributed by atoms with Crippen LogP contribution in [0.25, 0.3) is 22.3 Å². The van der Waals surface area contributed by atoms with Crippen molar-refractivity contribution < 1.29 is 9.53 Å². The zero-order valence-electron chi connectivity index (χ0n) is 19.5. The van der Waals surface area contributed by atoms with Crippen molar-refractivity contribution in [3.8, 4) is 23.1 Å². The number of nitrogens with one attached hydrogen (secondary N) is 1. The standard InChI is InChI=1S/C25H30N6O2/c1-17-12-19(20-13-22-25(21(14-26)29-20)28-16-30(22)3)4-5-23(17)33-11-8-18-6-9-31(10-7-18)24(32)15-27-2/h4-5,12-13,16,18,27H,6-11,15H2,1-3H3. The lowest BCUT2D eigenvalue weighted by molar-refractivity contribution is -0.131. The van der Waals surface area contributed by atoms with Gasteiger partial charge in [-0.3, -0.25) is 4.79 Å². The van der Waals surface area contributed by atoms with E-state index >= 15 is 0 Å². The summed E-state index contributed by atoms with van der Waals surface area (Å²) in [6.07, 6.45) is 4.74. The molecule has 4 rings (SSSR count). The Hall–Kier alpha value is -3.44. The molecule has 0 bridgehead atoms. The highest BCUT2D eigenvalue weighted by Crippen LogP contribution is 2.29.